The van der Waals surface area contributed by atoms with E-state index < -0.39 is 18.1 Å². The number of hydrogen-bond acceptors (Lipinski definition) is 6. The van der Waals surface area contributed by atoms with E-state index in [4.69, 9.17) is 21.6 Å². The van der Waals surface area contributed by atoms with Gasteiger partial charge in [-0.2, -0.15) is 0 Å². The first-order valence-corrected chi connectivity index (χ1v) is 9.41. The van der Waals surface area contributed by atoms with E-state index in [0.29, 0.717) is 37.9 Å². The van der Waals surface area contributed by atoms with Gasteiger partial charge in [-0.15, -0.1) is 0 Å². The summed E-state index contributed by atoms with van der Waals surface area (Å²) in [5.74, 6) is -0.676. The first-order valence-electron chi connectivity index (χ1n) is 9.41. The molecule has 27 heavy (non-hydrogen) atoms. The highest BCUT2D eigenvalue weighted by Gasteiger charge is 2.26. The molecular weight excluding hydrogens is 348 g/mol. The molecule has 0 aliphatic heterocycles. The number of carbonyl (C=O) groups is 2. The summed E-state index contributed by atoms with van der Waals surface area (Å²) in [6, 6.07) is -1.03. The molecule has 0 aromatic carbocycles. The molecule has 156 valence electrons. The van der Waals surface area contributed by atoms with E-state index >= 15 is 0 Å². The normalized spacial score (nSPS) is 12.9. The molecule has 0 heterocycles. The molecule has 0 rings (SSSR count). The molecule has 0 radical (unpaired) electrons. The summed E-state index contributed by atoms with van der Waals surface area (Å²) in [4.78, 5) is 28.6. The number of carbonyl (C=O) groups excluding carboxylic acids is 2. The Morgan fingerprint density at radius 1 is 1.11 bits per heavy atom. The van der Waals surface area contributed by atoms with Gasteiger partial charge in [0.2, 0.25) is 5.91 Å². The van der Waals surface area contributed by atoms with Crippen molar-refractivity contribution in [2.45, 2.75) is 77.4 Å². The minimum atomic E-state index is -0.692. The van der Waals surface area contributed by atoms with Crippen molar-refractivity contribution in [3.63, 3.8) is 0 Å². The Kier molecular flexibility index (Phi) is 12.8. The summed E-state index contributed by atoms with van der Waals surface area (Å²) in [5.41, 5.74) is 11.2. The molecule has 0 saturated carbocycles. The number of esters is 1. The summed E-state index contributed by atoms with van der Waals surface area (Å²) >= 11 is 0. The Labute approximate surface area is 162 Å². The molecule has 9 heteroatoms. The van der Waals surface area contributed by atoms with Crippen LogP contribution in [-0.4, -0.2) is 55.3 Å². The molecule has 0 aromatic rings. The third-order valence-corrected chi connectivity index (χ3v) is 3.89. The zero-order valence-corrected chi connectivity index (χ0v) is 17.0. The van der Waals surface area contributed by atoms with E-state index in [1.54, 1.807) is 6.92 Å². The zero-order chi connectivity index (χ0) is 20.8. The van der Waals surface area contributed by atoms with E-state index in [2.05, 4.69) is 15.6 Å². The molecule has 0 aromatic heterocycles. The maximum atomic E-state index is 12.7. The number of nitrogens with one attached hydrogen (secondary N) is 3. The standard InChI is InChI=1S/C18H36N6O3/c1-12(2)23-14(10-7-11-22-18(20)21)16(25)24-15(17(26)27-4)9-6-5-8-13(3)19/h12,14-15,19,23H,5-11H2,1-4H3,(H,24,25)(H4,20,21,22). The van der Waals surface area contributed by atoms with E-state index in [9.17, 15) is 9.59 Å². The van der Waals surface area contributed by atoms with Gasteiger partial charge in [-0.25, -0.2) is 4.79 Å². The van der Waals surface area contributed by atoms with Crippen LogP contribution in [0.5, 0.6) is 0 Å². The third kappa shape index (κ3) is 12.8. The first-order chi connectivity index (χ1) is 12.7. The van der Waals surface area contributed by atoms with Crippen LogP contribution in [0.2, 0.25) is 0 Å². The smallest absolute Gasteiger partial charge is 0.328 e. The fourth-order valence-electron chi connectivity index (χ4n) is 2.60. The minimum Gasteiger partial charge on any atom is -0.467 e. The second kappa shape index (κ2) is 14.0. The Bertz CT molecular complexity index is 503. The van der Waals surface area contributed by atoms with Gasteiger partial charge in [-0.3, -0.25) is 9.79 Å². The molecule has 2 unspecified atom stereocenters. The highest BCUT2D eigenvalue weighted by molar-refractivity contribution is 5.87. The molecule has 0 aliphatic carbocycles. The predicted octanol–water partition coefficient (Wildman–Crippen LogP) is 0.664. The summed E-state index contributed by atoms with van der Waals surface area (Å²) in [5, 5.41) is 13.5. The van der Waals surface area contributed by atoms with Crippen molar-refractivity contribution < 1.29 is 14.3 Å². The van der Waals surface area contributed by atoms with Crippen LogP contribution in [0.1, 0.15) is 59.3 Å². The molecule has 0 aliphatic rings. The Morgan fingerprint density at radius 2 is 1.74 bits per heavy atom. The average molecular weight is 385 g/mol. The van der Waals surface area contributed by atoms with Crippen molar-refractivity contribution >= 4 is 23.5 Å². The number of hydrogen-bond donors (Lipinski definition) is 5. The van der Waals surface area contributed by atoms with Crippen molar-refractivity contribution in [2.75, 3.05) is 13.7 Å². The first kappa shape index (κ1) is 24.8. The maximum absolute atomic E-state index is 12.7. The Morgan fingerprint density at radius 3 is 2.26 bits per heavy atom. The Balaban J connectivity index is 4.78. The van der Waals surface area contributed by atoms with Gasteiger partial charge in [0.25, 0.3) is 0 Å². The number of unbranched alkanes of at least 4 members (excludes halogenated alkanes) is 1. The predicted molar refractivity (Wildman–Crippen MR) is 108 cm³/mol. The minimum absolute atomic E-state index is 0.0266. The lowest BCUT2D eigenvalue weighted by Crippen LogP contribution is -2.52. The molecule has 7 N–H and O–H groups in total. The van der Waals surface area contributed by atoms with E-state index in [1.807, 2.05) is 13.8 Å². The topological polar surface area (TPSA) is 156 Å². The second-order valence-electron chi connectivity index (χ2n) is 6.93. The number of guanidine groups is 1. The lowest BCUT2D eigenvalue weighted by molar-refractivity contribution is -0.145. The van der Waals surface area contributed by atoms with Crippen molar-refractivity contribution in [1.29, 1.82) is 5.41 Å². The number of rotatable bonds is 14. The van der Waals surface area contributed by atoms with Crippen molar-refractivity contribution in [3.05, 3.63) is 0 Å². The summed E-state index contributed by atoms with van der Waals surface area (Å²) in [7, 11) is 1.31. The van der Waals surface area contributed by atoms with E-state index in [-0.39, 0.29) is 17.9 Å². The van der Waals surface area contributed by atoms with E-state index in [0.717, 1.165) is 12.8 Å². The molecule has 0 saturated heterocycles. The number of aliphatic imine (C=N–C) groups is 1. The van der Waals surface area contributed by atoms with Crippen molar-refractivity contribution in [3.8, 4) is 0 Å². The maximum Gasteiger partial charge on any atom is 0.328 e. The number of nitrogens with two attached hydrogens (primary N) is 2. The summed E-state index contributed by atoms with van der Waals surface area (Å²) < 4.78 is 4.82. The van der Waals surface area contributed by atoms with Gasteiger partial charge in [-0.1, -0.05) is 20.3 Å². The molecular formula is C18H36N6O3. The highest BCUT2D eigenvalue weighted by atomic mass is 16.5. The van der Waals surface area contributed by atoms with Crippen molar-refractivity contribution in [2.24, 2.45) is 16.5 Å². The second-order valence-corrected chi connectivity index (χ2v) is 6.93. The fourth-order valence-corrected chi connectivity index (χ4v) is 2.60. The highest BCUT2D eigenvalue weighted by Crippen LogP contribution is 2.08. The van der Waals surface area contributed by atoms with Crippen LogP contribution in [0.3, 0.4) is 0 Å². The van der Waals surface area contributed by atoms with Crippen LogP contribution in [0.15, 0.2) is 4.99 Å². The van der Waals surface area contributed by atoms with Gasteiger partial charge in [0.05, 0.1) is 13.2 Å². The monoisotopic (exact) mass is 384 g/mol. The number of amides is 1. The van der Waals surface area contributed by atoms with Crippen LogP contribution < -0.4 is 22.1 Å². The lowest BCUT2D eigenvalue weighted by Gasteiger charge is -2.23. The summed E-state index contributed by atoms with van der Waals surface area (Å²) in [6.07, 6.45) is 3.87. The van der Waals surface area contributed by atoms with E-state index in [1.165, 1.54) is 7.11 Å². The van der Waals surface area contributed by atoms with Crippen LogP contribution in [0.4, 0.5) is 0 Å². The average Bonchev–Trinajstić information content (AvgIpc) is 2.58. The van der Waals surface area contributed by atoms with Gasteiger partial charge in [0.1, 0.15) is 6.04 Å². The van der Waals surface area contributed by atoms with Crippen molar-refractivity contribution in [1.82, 2.24) is 10.6 Å². The van der Waals surface area contributed by atoms with Gasteiger partial charge < -0.3 is 32.2 Å². The zero-order valence-electron chi connectivity index (χ0n) is 17.0. The van der Waals surface area contributed by atoms with Crippen LogP contribution >= 0.6 is 0 Å². The summed E-state index contributed by atoms with van der Waals surface area (Å²) in [6.45, 7) is 6.10. The third-order valence-electron chi connectivity index (χ3n) is 3.89. The molecule has 0 spiro atoms. The number of methoxy groups -OCH3 is 1. The SMILES string of the molecule is COC(=O)C(CCCCC(C)=N)NC(=O)C(CCCN=C(N)N)NC(C)C. The largest absolute Gasteiger partial charge is 0.467 e. The quantitative estimate of drug-likeness (QED) is 0.128. The number of ether oxygens (including phenoxy) is 1. The van der Waals surface area contributed by atoms with Gasteiger partial charge >= 0.3 is 5.97 Å². The molecule has 0 bridgehead atoms. The van der Waals surface area contributed by atoms with Crippen LogP contribution in [0, 0.1) is 5.41 Å². The van der Waals surface area contributed by atoms with Crippen LogP contribution in [0.25, 0.3) is 0 Å². The molecule has 9 nitrogen and oxygen atoms in total. The molecule has 2 atom stereocenters. The fraction of sp³-hybridized carbons (Fsp3) is 0.778. The van der Waals surface area contributed by atoms with Gasteiger partial charge in [-0.05, 0) is 39.0 Å². The molecule has 1 amide bonds. The van der Waals surface area contributed by atoms with Gasteiger partial charge in [0.15, 0.2) is 5.96 Å². The van der Waals surface area contributed by atoms with Crippen LogP contribution in [-0.2, 0) is 14.3 Å². The Hall–Kier alpha value is -2.16. The molecule has 0 fully saturated rings. The number of nitrogens with zero attached hydrogens (tertiary/aromatic N) is 1. The lowest BCUT2D eigenvalue weighted by atomic mass is 10.0. The van der Waals surface area contributed by atoms with Gasteiger partial charge in [0, 0.05) is 18.3 Å².